The van der Waals surface area contributed by atoms with Crippen LogP contribution in [0.4, 0.5) is 5.69 Å². The minimum Gasteiger partial charge on any atom is -0.378 e. The number of rotatable bonds is 4. The van der Waals surface area contributed by atoms with Gasteiger partial charge in [0, 0.05) is 30.2 Å². The number of hydrogen-bond acceptors (Lipinski definition) is 5. The van der Waals surface area contributed by atoms with Crippen molar-refractivity contribution in [2.45, 2.75) is 27.2 Å². The second-order valence-electron chi connectivity index (χ2n) is 7.19. The van der Waals surface area contributed by atoms with Crippen LogP contribution in [-0.4, -0.2) is 47.8 Å². The van der Waals surface area contributed by atoms with E-state index in [1.165, 1.54) is 0 Å². The minimum atomic E-state index is -0.126. The number of hydrogen-bond donors (Lipinski definition) is 0. The molecule has 1 saturated heterocycles. The summed E-state index contributed by atoms with van der Waals surface area (Å²) in [6.45, 7) is 7.71. The maximum absolute atomic E-state index is 12.9. The molecule has 30 heavy (non-hydrogen) atoms. The summed E-state index contributed by atoms with van der Waals surface area (Å²) in [5.41, 5.74) is 4.49. The van der Waals surface area contributed by atoms with Crippen LogP contribution in [0.1, 0.15) is 39.8 Å². The largest absolute Gasteiger partial charge is 0.378 e. The summed E-state index contributed by atoms with van der Waals surface area (Å²) in [7, 11) is 0. The number of halogens is 2. The molecule has 1 aliphatic rings. The van der Waals surface area contributed by atoms with E-state index >= 15 is 0 Å². The zero-order valence-electron chi connectivity index (χ0n) is 17.1. The van der Waals surface area contributed by atoms with Gasteiger partial charge in [0.2, 0.25) is 0 Å². The quantitative estimate of drug-likeness (QED) is 0.640. The maximum atomic E-state index is 12.9. The van der Waals surface area contributed by atoms with Gasteiger partial charge in [-0.05, 0) is 50.1 Å². The molecule has 0 saturated carbocycles. The molecule has 8 heteroatoms. The van der Waals surface area contributed by atoms with Crippen molar-refractivity contribution < 1.29 is 9.53 Å². The average molecular weight is 445 g/mol. The number of amides is 1. The lowest BCUT2D eigenvalue weighted by atomic mass is 10.0. The highest BCUT2D eigenvalue weighted by Crippen LogP contribution is 2.31. The Balaban J connectivity index is 1.90. The molecule has 0 aliphatic carbocycles. The summed E-state index contributed by atoms with van der Waals surface area (Å²) in [5.74, 6) is -0.126. The van der Waals surface area contributed by atoms with Gasteiger partial charge in [-0.25, -0.2) is 4.98 Å². The molecule has 6 nitrogen and oxygen atoms in total. The van der Waals surface area contributed by atoms with E-state index in [0.717, 1.165) is 17.0 Å². The normalized spacial score (nSPS) is 14.5. The molecule has 1 amide bonds. The van der Waals surface area contributed by atoms with Crippen LogP contribution in [0, 0.1) is 25.2 Å². The van der Waals surface area contributed by atoms with Crippen molar-refractivity contribution in [2.24, 2.45) is 4.99 Å². The molecule has 0 radical (unpaired) electrons. The van der Waals surface area contributed by atoms with E-state index < -0.39 is 0 Å². The summed E-state index contributed by atoms with van der Waals surface area (Å²) in [6, 6.07) is 7.12. The lowest BCUT2D eigenvalue weighted by Crippen LogP contribution is -2.40. The van der Waals surface area contributed by atoms with Gasteiger partial charge in [0.25, 0.3) is 5.91 Å². The third-order valence-electron chi connectivity index (χ3n) is 4.92. The molecule has 3 rings (SSSR count). The summed E-state index contributed by atoms with van der Waals surface area (Å²) in [6.07, 6.45) is 0.390. The van der Waals surface area contributed by atoms with Gasteiger partial charge >= 0.3 is 0 Å². The monoisotopic (exact) mass is 444 g/mol. The van der Waals surface area contributed by atoms with Gasteiger partial charge in [0.1, 0.15) is 11.8 Å². The highest BCUT2D eigenvalue weighted by atomic mass is 35.5. The van der Waals surface area contributed by atoms with Gasteiger partial charge in [0.05, 0.1) is 35.2 Å². The Bertz CT molecular complexity index is 1030. The number of aliphatic imine (C=N–C) groups is 1. The van der Waals surface area contributed by atoms with Crippen LogP contribution in [0.15, 0.2) is 23.2 Å². The predicted octanol–water partition coefficient (Wildman–Crippen LogP) is 4.68. The number of aromatic nitrogens is 1. The summed E-state index contributed by atoms with van der Waals surface area (Å²) in [5, 5.41) is 9.90. The fourth-order valence-corrected chi connectivity index (χ4v) is 3.98. The zero-order valence-corrected chi connectivity index (χ0v) is 18.6. The van der Waals surface area contributed by atoms with Gasteiger partial charge in [-0.2, -0.15) is 5.26 Å². The van der Waals surface area contributed by atoms with E-state index in [2.05, 4.69) is 4.98 Å². The molecule has 0 N–H and O–H groups in total. The Morgan fingerprint density at radius 2 is 2.00 bits per heavy atom. The Morgan fingerprint density at radius 1 is 1.30 bits per heavy atom. The average Bonchev–Trinajstić information content (AvgIpc) is 2.73. The number of nitriles is 1. The van der Waals surface area contributed by atoms with Crippen molar-refractivity contribution >= 4 is 40.5 Å². The molecule has 0 spiro atoms. The number of pyridine rings is 1. The number of carbonyl (C=O) groups is 1. The minimum absolute atomic E-state index is 0.126. The van der Waals surface area contributed by atoms with E-state index in [0.29, 0.717) is 65.3 Å². The lowest BCUT2D eigenvalue weighted by Gasteiger charge is -2.27. The van der Waals surface area contributed by atoms with Gasteiger partial charge in [-0.1, -0.05) is 23.2 Å². The standard InChI is InChI=1S/C22H22Cl2N4O2/c1-13-10-16(12-25)27-15(3)21(13)26-14(2)11-18-19(23)5-4-17(20(18)24)22(29)28-6-8-30-9-7-28/h4-5,10H,6-9,11H2,1-3H3/b26-14+. The molecule has 2 heterocycles. The number of ether oxygens (including phenoxy) is 1. The fraction of sp³-hybridized carbons (Fsp3) is 0.364. The zero-order chi connectivity index (χ0) is 21.8. The molecular formula is C22H22Cl2N4O2. The molecule has 0 unspecified atom stereocenters. The second kappa shape index (κ2) is 9.57. The summed E-state index contributed by atoms with van der Waals surface area (Å²) < 4.78 is 5.32. The third-order valence-corrected chi connectivity index (χ3v) is 5.71. The molecule has 1 fully saturated rings. The van der Waals surface area contributed by atoms with Gasteiger partial charge in [-0.3, -0.25) is 9.79 Å². The molecule has 0 bridgehead atoms. The van der Waals surface area contributed by atoms with Crippen LogP contribution in [0.25, 0.3) is 0 Å². The van der Waals surface area contributed by atoms with Crippen LogP contribution >= 0.6 is 23.2 Å². The van der Waals surface area contributed by atoms with Gasteiger partial charge in [-0.15, -0.1) is 0 Å². The Hall–Kier alpha value is -2.46. The first-order valence-electron chi connectivity index (χ1n) is 9.58. The first-order chi connectivity index (χ1) is 14.3. The Morgan fingerprint density at radius 3 is 2.63 bits per heavy atom. The third kappa shape index (κ3) is 4.81. The van der Waals surface area contributed by atoms with Gasteiger partial charge < -0.3 is 9.64 Å². The van der Waals surface area contributed by atoms with E-state index in [9.17, 15) is 4.79 Å². The number of nitrogens with zero attached hydrogens (tertiary/aromatic N) is 4. The first kappa shape index (κ1) is 22.2. The summed E-state index contributed by atoms with van der Waals surface area (Å²) >= 11 is 13.0. The van der Waals surface area contributed by atoms with Crippen LogP contribution < -0.4 is 0 Å². The maximum Gasteiger partial charge on any atom is 0.255 e. The highest BCUT2D eigenvalue weighted by molar-refractivity contribution is 6.38. The topological polar surface area (TPSA) is 78.6 Å². The second-order valence-corrected chi connectivity index (χ2v) is 7.97. The van der Waals surface area contributed by atoms with Crippen molar-refractivity contribution in [1.82, 2.24) is 9.88 Å². The van der Waals surface area contributed by atoms with E-state index in [1.54, 1.807) is 23.1 Å². The first-order valence-corrected chi connectivity index (χ1v) is 10.3. The van der Waals surface area contributed by atoms with Crippen LogP contribution in [0.2, 0.25) is 10.0 Å². The van der Waals surface area contributed by atoms with Crippen LogP contribution in [0.3, 0.4) is 0 Å². The number of benzene rings is 1. The SMILES string of the molecule is C/C(Cc1c(Cl)ccc(C(=O)N2CCOCC2)c1Cl)=N\c1c(C)cc(C#N)nc1C. The van der Waals surface area contributed by atoms with Crippen molar-refractivity contribution in [2.75, 3.05) is 26.3 Å². The lowest BCUT2D eigenvalue weighted by molar-refractivity contribution is 0.0303. The number of aryl methyl sites for hydroxylation is 2. The molecule has 0 atom stereocenters. The Kier molecular flexibility index (Phi) is 7.09. The fourth-order valence-electron chi connectivity index (χ4n) is 3.40. The van der Waals surface area contributed by atoms with Crippen molar-refractivity contribution in [3.63, 3.8) is 0 Å². The van der Waals surface area contributed by atoms with Crippen LogP contribution in [0.5, 0.6) is 0 Å². The molecule has 1 aliphatic heterocycles. The van der Waals surface area contributed by atoms with Crippen LogP contribution in [-0.2, 0) is 11.2 Å². The number of morpholine rings is 1. The molecule has 1 aromatic carbocycles. The van der Waals surface area contributed by atoms with Crippen molar-refractivity contribution in [3.05, 3.63) is 56.3 Å². The van der Waals surface area contributed by atoms with Crippen molar-refractivity contribution in [3.8, 4) is 6.07 Å². The number of carbonyl (C=O) groups excluding carboxylic acids is 1. The smallest absolute Gasteiger partial charge is 0.255 e. The van der Waals surface area contributed by atoms with E-state index in [1.807, 2.05) is 26.8 Å². The van der Waals surface area contributed by atoms with E-state index in [-0.39, 0.29) is 5.91 Å². The Labute approximate surface area is 186 Å². The molecule has 156 valence electrons. The predicted molar refractivity (Wildman–Crippen MR) is 118 cm³/mol. The molecule has 2 aromatic rings. The van der Waals surface area contributed by atoms with Crippen molar-refractivity contribution in [1.29, 1.82) is 5.26 Å². The van der Waals surface area contributed by atoms with E-state index in [4.69, 9.17) is 38.2 Å². The van der Waals surface area contributed by atoms with Gasteiger partial charge in [0.15, 0.2) is 0 Å². The molecular weight excluding hydrogens is 423 g/mol. The summed E-state index contributed by atoms with van der Waals surface area (Å²) in [4.78, 5) is 23.6. The molecule has 1 aromatic heterocycles. The highest BCUT2D eigenvalue weighted by Gasteiger charge is 2.23.